The molecule has 2 rings (SSSR count). The predicted molar refractivity (Wildman–Crippen MR) is 111 cm³/mol. The molecule has 0 saturated carbocycles. The highest BCUT2D eigenvalue weighted by atomic mass is 31.2. The number of carbonyl (C=O) groups is 1. The van der Waals surface area contributed by atoms with Crippen LogP contribution in [0.25, 0.3) is 0 Å². The first-order valence-corrected chi connectivity index (χ1v) is 10.8. The lowest BCUT2D eigenvalue weighted by atomic mass is 9.99. The van der Waals surface area contributed by atoms with Crippen molar-refractivity contribution in [2.75, 3.05) is 13.2 Å². The van der Waals surface area contributed by atoms with E-state index in [2.05, 4.69) is 0 Å². The molecule has 0 amide bonds. The van der Waals surface area contributed by atoms with Gasteiger partial charge in [0.15, 0.2) is 7.14 Å². The number of aliphatic hydroxyl groups is 1. The van der Waals surface area contributed by atoms with Crippen LogP contribution in [0.2, 0.25) is 0 Å². The van der Waals surface area contributed by atoms with Gasteiger partial charge in [-0.3, -0.25) is 4.79 Å². The Bertz CT molecular complexity index is 879. The second-order valence-corrected chi connectivity index (χ2v) is 11.3. The second-order valence-electron chi connectivity index (χ2n) is 7.83. The number of benzene rings is 2. The summed E-state index contributed by atoms with van der Waals surface area (Å²) in [5, 5.41) is 8.94. The van der Waals surface area contributed by atoms with Crippen molar-refractivity contribution in [2.45, 2.75) is 46.7 Å². The van der Waals surface area contributed by atoms with Gasteiger partial charge in [0.05, 0.1) is 6.61 Å². The van der Waals surface area contributed by atoms with E-state index < -0.39 is 12.3 Å². The second kappa shape index (κ2) is 8.00. The summed E-state index contributed by atoms with van der Waals surface area (Å²) in [6.45, 7) is 11.2. The summed E-state index contributed by atoms with van der Waals surface area (Å²) >= 11 is 0. The van der Waals surface area contributed by atoms with E-state index in [-0.39, 0.29) is 18.7 Å². The molecule has 1 N–H and O–H groups in total. The van der Waals surface area contributed by atoms with Gasteiger partial charge >= 0.3 is 0 Å². The average molecular weight is 388 g/mol. The van der Waals surface area contributed by atoms with Crippen molar-refractivity contribution < 1.29 is 19.2 Å². The minimum absolute atomic E-state index is 0.111. The van der Waals surface area contributed by atoms with Crippen molar-refractivity contribution in [2.24, 2.45) is 0 Å². The van der Waals surface area contributed by atoms with Crippen LogP contribution in [-0.2, 0) is 4.57 Å². The number of aryl methyl sites for hydroxylation is 2. The lowest BCUT2D eigenvalue weighted by Gasteiger charge is -2.31. The number of carbonyl (C=O) groups excluding carboxylic acids is 1. The highest BCUT2D eigenvalue weighted by Crippen LogP contribution is 2.59. The van der Waals surface area contributed by atoms with E-state index in [4.69, 9.17) is 9.84 Å². The van der Waals surface area contributed by atoms with Gasteiger partial charge in [-0.2, -0.15) is 0 Å². The van der Waals surface area contributed by atoms with Gasteiger partial charge in [-0.05, 0) is 31.9 Å². The van der Waals surface area contributed by atoms with Crippen LogP contribution in [0.5, 0.6) is 5.75 Å². The Labute approximate surface area is 161 Å². The smallest absolute Gasteiger partial charge is 0.226 e. The molecule has 0 heterocycles. The molecule has 1 atom stereocenters. The summed E-state index contributed by atoms with van der Waals surface area (Å²) in [5.41, 5.74) is 2.46. The molecule has 1 unspecified atom stereocenters. The zero-order valence-electron chi connectivity index (χ0n) is 17.0. The van der Waals surface area contributed by atoms with Crippen LogP contribution < -0.4 is 10.0 Å². The molecule has 2 aromatic rings. The summed E-state index contributed by atoms with van der Waals surface area (Å²) in [4.78, 5) is 13.7. The predicted octanol–water partition coefficient (Wildman–Crippen LogP) is 4.61. The topological polar surface area (TPSA) is 63.6 Å². The van der Waals surface area contributed by atoms with E-state index in [0.29, 0.717) is 22.2 Å². The standard InChI is InChI=1S/C22H29O4P/c1-15-14-16(2)20(26-13-12-23)17(3)19(15)21(24)27(25,22(4,5)6)18-10-8-7-9-11-18/h7-11,14,23H,12-13H2,1-6H3. The van der Waals surface area contributed by atoms with Crippen LogP contribution >= 0.6 is 7.14 Å². The maximum absolute atomic E-state index is 14.2. The Morgan fingerprint density at radius 2 is 1.67 bits per heavy atom. The largest absolute Gasteiger partial charge is 0.491 e. The molecule has 0 radical (unpaired) electrons. The lowest BCUT2D eigenvalue weighted by molar-refractivity contribution is 0.107. The van der Waals surface area contributed by atoms with Gasteiger partial charge < -0.3 is 14.4 Å². The normalized spacial score (nSPS) is 13.9. The van der Waals surface area contributed by atoms with E-state index in [0.717, 1.165) is 11.1 Å². The minimum Gasteiger partial charge on any atom is -0.491 e. The van der Waals surface area contributed by atoms with Gasteiger partial charge in [-0.25, -0.2) is 0 Å². The van der Waals surface area contributed by atoms with Crippen molar-refractivity contribution >= 4 is 18.0 Å². The number of hydrogen-bond donors (Lipinski definition) is 1. The van der Waals surface area contributed by atoms with Crippen LogP contribution in [0.3, 0.4) is 0 Å². The van der Waals surface area contributed by atoms with E-state index in [1.165, 1.54) is 0 Å². The molecule has 0 spiro atoms. The Balaban J connectivity index is 2.72. The fourth-order valence-corrected chi connectivity index (χ4v) is 6.34. The van der Waals surface area contributed by atoms with Crippen LogP contribution in [0.4, 0.5) is 0 Å². The third-order valence-electron chi connectivity index (χ3n) is 4.80. The van der Waals surface area contributed by atoms with Gasteiger partial charge in [0.1, 0.15) is 12.4 Å². The fourth-order valence-electron chi connectivity index (χ4n) is 3.47. The molecule has 0 saturated heterocycles. The van der Waals surface area contributed by atoms with Gasteiger partial charge in [-0.1, -0.05) is 57.2 Å². The van der Waals surface area contributed by atoms with Crippen molar-refractivity contribution in [1.82, 2.24) is 0 Å². The third-order valence-corrected chi connectivity index (χ3v) is 8.51. The van der Waals surface area contributed by atoms with Gasteiger partial charge in [-0.15, -0.1) is 0 Å². The molecule has 0 aromatic heterocycles. The monoisotopic (exact) mass is 388 g/mol. The maximum atomic E-state index is 14.2. The van der Waals surface area contributed by atoms with E-state index in [1.807, 2.05) is 65.8 Å². The Hall–Kier alpha value is -1.90. The Morgan fingerprint density at radius 1 is 1.07 bits per heavy atom. The van der Waals surface area contributed by atoms with Gasteiger partial charge in [0, 0.05) is 21.6 Å². The van der Waals surface area contributed by atoms with E-state index in [1.54, 1.807) is 12.1 Å². The van der Waals surface area contributed by atoms with Crippen LogP contribution in [0, 0.1) is 20.8 Å². The Kier molecular flexibility index (Phi) is 6.34. The minimum atomic E-state index is -3.43. The van der Waals surface area contributed by atoms with Gasteiger partial charge in [0.2, 0.25) is 5.52 Å². The highest BCUT2D eigenvalue weighted by Gasteiger charge is 2.46. The van der Waals surface area contributed by atoms with Crippen molar-refractivity contribution in [3.8, 4) is 5.75 Å². The molecule has 0 bridgehead atoms. The molecule has 5 heteroatoms. The molecular formula is C22H29O4P. The molecule has 4 nitrogen and oxygen atoms in total. The van der Waals surface area contributed by atoms with Crippen molar-refractivity contribution in [1.29, 1.82) is 0 Å². The Morgan fingerprint density at radius 3 is 2.19 bits per heavy atom. The van der Waals surface area contributed by atoms with Gasteiger partial charge in [0.25, 0.3) is 0 Å². The summed E-state index contributed by atoms with van der Waals surface area (Å²) in [6, 6.07) is 10.9. The summed E-state index contributed by atoms with van der Waals surface area (Å²) < 4.78 is 19.9. The number of aliphatic hydroxyl groups excluding tert-OH is 1. The molecule has 146 valence electrons. The zero-order valence-corrected chi connectivity index (χ0v) is 17.9. The lowest BCUT2D eigenvalue weighted by Crippen LogP contribution is -2.29. The number of hydrogen-bond acceptors (Lipinski definition) is 4. The quantitative estimate of drug-likeness (QED) is 0.734. The van der Waals surface area contributed by atoms with Crippen LogP contribution in [-0.4, -0.2) is 29.0 Å². The number of ether oxygens (including phenoxy) is 1. The van der Waals surface area contributed by atoms with Crippen LogP contribution in [0.1, 0.15) is 47.8 Å². The molecule has 2 aromatic carbocycles. The first-order valence-electron chi connectivity index (χ1n) is 9.10. The molecule has 0 aliphatic carbocycles. The fraction of sp³-hybridized carbons (Fsp3) is 0.409. The first-order chi connectivity index (χ1) is 12.6. The molecule has 0 fully saturated rings. The molecule has 0 aliphatic heterocycles. The summed E-state index contributed by atoms with van der Waals surface area (Å²) in [7, 11) is -3.43. The first kappa shape index (κ1) is 21.4. The summed E-state index contributed by atoms with van der Waals surface area (Å²) in [6.07, 6.45) is 0. The zero-order chi connectivity index (χ0) is 20.4. The summed E-state index contributed by atoms with van der Waals surface area (Å²) in [5.74, 6) is 0.575. The highest BCUT2D eigenvalue weighted by molar-refractivity contribution is 7.88. The SMILES string of the molecule is Cc1cc(C)c(C(=O)P(=O)(c2ccccc2)C(C)(C)C)c(C)c1OCCO. The van der Waals surface area contributed by atoms with Crippen molar-refractivity contribution in [3.63, 3.8) is 0 Å². The molecule has 27 heavy (non-hydrogen) atoms. The molecular weight excluding hydrogens is 359 g/mol. The van der Waals surface area contributed by atoms with E-state index >= 15 is 0 Å². The van der Waals surface area contributed by atoms with Crippen molar-refractivity contribution in [3.05, 3.63) is 58.7 Å². The van der Waals surface area contributed by atoms with Crippen LogP contribution in [0.15, 0.2) is 36.4 Å². The average Bonchev–Trinajstić information content (AvgIpc) is 2.60. The third kappa shape index (κ3) is 3.88. The number of rotatable bonds is 6. The van der Waals surface area contributed by atoms with E-state index in [9.17, 15) is 9.36 Å². The molecule has 0 aliphatic rings. The maximum Gasteiger partial charge on any atom is 0.226 e.